The van der Waals surface area contributed by atoms with Gasteiger partial charge in [-0.05, 0) is 94.4 Å². The molecule has 4 aliphatic carbocycles. The van der Waals surface area contributed by atoms with Crippen LogP contribution in [-0.4, -0.2) is 27.4 Å². The SMILES string of the molecule is Cc1c[nH]c(=O)n1-c1ccc(C(=O)OC(C)C(=O)C23CC4CC(CC(C4)C2)C3)cc1. The number of carbonyl (C=O) groups is 2. The van der Waals surface area contributed by atoms with E-state index in [0.717, 1.165) is 25.0 Å². The standard InChI is InChI=1S/C24H28N2O4/c1-14-13-25-23(29)26(14)20-5-3-19(4-6-20)22(28)30-15(2)21(27)24-10-16-7-17(11-24)9-18(8-16)12-24/h3-6,13,15-18H,7-12H2,1-2H3,(H,25,29). The second-order valence-corrected chi connectivity index (χ2v) is 9.73. The number of imidazole rings is 1. The van der Waals surface area contributed by atoms with Crippen LogP contribution in [-0.2, 0) is 9.53 Å². The first-order valence-electron chi connectivity index (χ1n) is 11.0. The molecule has 0 spiro atoms. The molecule has 0 saturated heterocycles. The predicted octanol–water partition coefficient (Wildman–Crippen LogP) is 3.80. The van der Waals surface area contributed by atoms with Gasteiger partial charge in [0.05, 0.1) is 11.3 Å². The number of carbonyl (C=O) groups excluding carboxylic acids is 2. The summed E-state index contributed by atoms with van der Waals surface area (Å²) in [6, 6.07) is 6.70. The Kier molecular flexibility index (Phi) is 4.49. The number of ketones is 1. The average Bonchev–Trinajstić information content (AvgIpc) is 3.04. The highest BCUT2D eigenvalue weighted by Gasteiger charge is 2.55. The lowest BCUT2D eigenvalue weighted by Gasteiger charge is -2.56. The van der Waals surface area contributed by atoms with Crippen LogP contribution in [0, 0.1) is 30.1 Å². The first-order chi connectivity index (χ1) is 14.3. The van der Waals surface area contributed by atoms with Gasteiger partial charge in [-0.25, -0.2) is 9.59 Å². The molecule has 0 amide bonds. The van der Waals surface area contributed by atoms with Gasteiger partial charge in [-0.2, -0.15) is 0 Å². The summed E-state index contributed by atoms with van der Waals surface area (Å²) in [5.74, 6) is 1.65. The van der Waals surface area contributed by atoms with Gasteiger partial charge < -0.3 is 9.72 Å². The molecule has 1 aromatic heterocycles. The first kappa shape index (κ1) is 19.3. The summed E-state index contributed by atoms with van der Waals surface area (Å²) in [6.45, 7) is 3.55. The van der Waals surface area contributed by atoms with Gasteiger partial charge in [-0.15, -0.1) is 0 Å². The molecule has 1 N–H and O–H groups in total. The van der Waals surface area contributed by atoms with E-state index in [9.17, 15) is 14.4 Å². The number of Topliss-reactive ketones (excluding diaryl/α,β-unsaturated/α-hetero) is 1. The summed E-state index contributed by atoms with van der Waals surface area (Å²) < 4.78 is 7.14. The van der Waals surface area contributed by atoms with Crippen molar-refractivity contribution in [3.05, 3.63) is 52.2 Å². The van der Waals surface area contributed by atoms with Gasteiger partial charge in [0.25, 0.3) is 0 Å². The average molecular weight is 408 g/mol. The number of H-pyrrole nitrogens is 1. The van der Waals surface area contributed by atoms with Gasteiger partial charge in [-0.3, -0.25) is 9.36 Å². The predicted molar refractivity (Wildman–Crippen MR) is 112 cm³/mol. The van der Waals surface area contributed by atoms with Crippen LogP contribution in [0.3, 0.4) is 0 Å². The second kappa shape index (κ2) is 6.96. The number of nitrogens with zero attached hydrogens (tertiary/aromatic N) is 1. The Morgan fingerprint density at radius 1 is 1.07 bits per heavy atom. The third kappa shape index (κ3) is 3.13. The zero-order valence-corrected chi connectivity index (χ0v) is 17.5. The summed E-state index contributed by atoms with van der Waals surface area (Å²) in [5, 5.41) is 0. The minimum absolute atomic E-state index is 0.112. The van der Waals surface area contributed by atoms with Crippen molar-refractivity contribution < 1.29 is 14.3 Å². The Bertz CT molecular complexity index is 1010. The number of benzene rings is 1. The van der Waals surface area contributed by atoms with Crippen LogP contribution in [0.1, 0.15) is 61.5 Å². The minimum atomic E-state index is -0.733. The molecule has 0 aliphatic heterocycles. The molecule has 4 bridgehead atoms. The maximum absolute atomic E-state index is 13.3. The van der Waals surface area contributed by atoms with Gasteiger partial charge in [0.1, 0.15) is 0 Å². The number of rotatable bonds is 5. The molecule has 1 aromatic carbocycles. The van der Waals surface area contributed by atoms with E-state index in [4.69, 9.17) is 4.74 Å². The maximum Gasteiger partial charge on any atom is 0.338 e. The van der Waals surface area contributed by atoms with E-state index in [1.54, 1.807) is 37.4 Å². The zero-order valence-electron chi connectivity index (χ0n) is 17.5. The van der Waals surface area contributed by atoms with Crippen LogP contribution >= 0.6 is 0 Å². The highest BCUT2D eigenvalue weighted by atomic mass is 16.5. The van der Waals surface area contributed by atoms with E-state index in [1.807, 2.05) is 6.92 Å². The summed E-state index contributed by atoms with van der Waals surface area (Å²) in [5.41, 5.74) is 1.34. The molecule has 6 nitrogen and oxygen atoms in total. The second-order valence-electron chi connectivity index (χ2n) is 9.73. The molecule has 1 heterocycles. The van der Waals surface area contributed by atoms with Crippen molar-refractivity contribution in [1.82, 2.24) is 9.55 Å². The van der Waals surface area contributed by atoms with Gasteiger partial charge >= 0.3 is 11.7 Å². The number of esters is 1. The Labute approximate surface area is 175 Å². The molecule has 1 atom stereocenters. The lowest BCUT2D eigenvalue weighted by atomic mass is 9.48. The van der Waals surface area contributed by atoms with Crippen molar-refractivity contribution in [2.45, 2.75) is 58.5 Å². The summed E-state index contributed by atoms with van der Waals surface area (Å²) in [4.78, 5) is 40.6. The van der Waals surface area contributed by atoms with Crippen molar-refractivity contribution in [2.24, 2.45) is 23.2 Å². The normalized spacial score (nSPS) is 30.3. The van der Waals surface area contributed by atoms with Crippen molar-refractivity contribution in [1.29, 1.82) is 0 Å². The van der Waals surface area contributed by atoms with E-state index in [0.29, 0.717) is 29.0 Å². The number of aromatic amines is 1. The van der Waals surface area contributed by atoms with E-state index in [1.165, 1.54) is 23.8 Å². The molecule has 4 fully saturated rings. The topological polar surface area (TPSA) is 81.2 Å². The van der Waals surface area contributed by atoms with E-state index in [-0.39, 0.29) is 16.9 Å². The molecule has 30 heavy (non-hydrogen) atoms. The van der Waals surface area contributed by atoms with E-state index in [2.05, 4.69) is 4.98 Å². The fraction of sp³-hybridized carbons (Fsp3) is 0.542. The van der Waals surface area contributed by atoms with Crippen LogP contribution in [0.15, 0.2) is 35.3 Å². The van der Waals surface area contributed by atoms with E-state index < -0.39 is 12.1 Å². The van der Waals surface area contributed by atoms with E-state index >= 15 is 0 Å². The summed E-state index contributed by atoms with van der Waals surface area (Å²) in [6.07, 6.45) is 7.65. The number of hydrogen-bond donors (Lipinski definition) is 1. The molecule has 0 radical (unpaired) electrons. The number of aromatic nitrogens is 2. The van der Waals surface area contributed by atoms with Crippen LogP contribution in [0.5, 0.6) is 0 Å². The highest BCUT2D eigenvalue weighted by molar-refractivity contribution is 5.94. The third-order valence-corrected chi connectivity index (χ3v) is 7.54. The summed E-state index contributed by atoms with van der Waals surface area (Å²) in [7, 11) is 0. The molecule has 158 valence electrons. The molecule has 4 saturated carbocycles. The zero-order chi connectivity index (χ0) is 21.0. The fourth-order valence-corrected chi connectivity index (χ4v) is 6.65. The lowest BCUT2D eigenvalue weighted by Crippen LogP contribution is -2.52. The molecular weight excluding hydrogens is 380 g/mol. The lowest BCUT2D eigenvalue weighted by molar-refractivity contribution is -0.152. The number of aryl methyl sites for hydroxylation is 1. The largest absolute Gasteiger partial charge is 0.451 e. The minimum Gasteiger partial charge on any atom is -0.451 e. The van der Waals surface area contributed by atoms with Crippen molar-refractivity contribution >= 4 is 11.8 Å². The monoisotopic (exact) mass is 408 g/mol. The van der Waals surface area contributed by atoms with Crippen molar-refractivity contribution in [3.8, 4) is 5.69 Å². The molecule has 6 rings (SSSR count). The third-order valence-electron chi connectivity index (χ3n) is 7.54. The van der Waals surface area contributed by atoms with Crippen molar-refractivity contribution in [3.63, 3.8) is 0 Å². The summed E-state index contributed by atoms with van der Waals surface area (Å²) >= 11 is 0. The number of ether oxygens (including phenoxy) is 1. The van der Waals surface area contributed by atoms with Gasteiger partial charge in [0.15, 0.2) is 11.9 Å². The number of nitrogens with one attached hydrogen (secondary N) is 1. The van der Waals surface area contributed by atoms with Gasteiger partial charge in [-0.1, -0.05) is 0 Å². The van der Waals surface area contributed by atoms with Crippen LogP contribution in [0.4, 0.5) is 0 Å². The molecule has 4 aliphatic rings. The highest BCUT2D eigenvalue weighted by Crippen LogP contribution is 2.60. The van der Waals surface area contributed by atoms with Crippen LogP contribution < -0.4 is 5.69 Å². The van der Waals surface area contributed by atoms with Crippen molar-refractivity contribution in [2.75, 3.05) is 0 Å². The maximum atomic E-state index is 13.3. The Morgan fingerprint density at radius 3 is 2.13 bits per heavy atom. The van der Waals surface area contributed by atoms with Gasteiger partial charge in [0, 0.05) is 17.3 Å². The van der Waals surface area contributed by atoms with Crippen LogP contribution in [0.2, 0.25) is 0 Å². The van der Waals surface area contributed by atoms with Gasteiger partial charge in [0.2, 0.25) is 0 Å². The molecular formula is C24H28N2O4. The smallest absolute Gasteiger partial charge is 0.338 e. The fourth-order valence-electron chi connectivity index (χ4n) is 6.65. The van der Waals surface area contributed by atoms with Crippen LogP contribution in [0.25, 0.3) is 5.69 Å². The first-order valence-corrected chi connectivity index (χ1v) is 11.0. The molecule has 2 aromatic rings. The Balaban J connectivity index is 1.28. The molecule has 6 heteroatoms. The Morgan fingerprint density at radius 2 is 1.63 bits per heavy atom. The quantitative estimate of drug-likeness (QED) is 0.763. The Hall–Kier alpha value is -2.63. The molecule has 1 unspecified atom stereocenters. The number of hydrogen-bond acceptors (Lipinski definition) is 4.